The van der Waals surface area contributed by atoms with Crippen LogP contribution in [0.5, 0.6) is 5.75 Å². The lowest BCUT2D eigenvalue weighted by Gasteiger charge is -2.28. The molecule has 0 bridgehead atoms. The minimum Gasteiger partial charge on any atom is -0.483 e. The topological polar surface area (TPSA) is 58.6 Å². The molecule has 29 heavy (non-hydrogen) atoms. The first-order valence-electron chi connectivity index (χ1n) is 9.66. The molecule has 0 saturated heterocycles. The van der Waals surface area contributed by atoms with Crippen LogP contribution < -0.4 is 10.1 Å². The van der Waals surface area contributed by atoms with Gasteiger partial charge in [-0.25, -0.2) is 0 Å². The van der Waals surface area contributed by atoms with Gasteiger partial charge in [0.15, 0.2) is 6.61 Å². The second-order valence-corrected chi connectivity index (χ2v) is 7.07. The molecular formula is C24H26N2O3. The predicted molar refractivity (Wildman–Crippen MR) is 115 cm³/mol. The van der Waals surface area contributed by atoms with Crippen LogP contribution in [0.4, 0.5) is 0 Å². The third-order valence-electron chi connectivity index (χ3n) is 4.95. The van der Waals surface area contributed by atoms with Crippen LogP contribution in [0.2, 0.25) is 0 Å². The zero-order chi connectivity index (χ0) is 20.8. The smallest absolute Gasteiger partial charge is 0.261 e. The number of aryl methyl sites for hydroxylation is 1. The van der Waals surface area contributed by atoms with Crippen molar-refractivity contribution in [3.05, 3.63) is 77.9 Å². The molecule has 0 unspecified atom stereocenters. The van der Waals surface area contributed by atoms with Crippen LogP contribution in [0, 0.1) is 6.92 Å². The number of rotatable bonds is 7. The largest absolute Gasteiger partial charge is 0.483 e. The highest BCUT2D eigenvalue weighted by Crippen LogP contribution is 2.25. The second kappa shape index (κ2) is 9.24. The Morgan fingerprint density at radius 1 is 1.03 bits per heavy atom. The van der Waals surface area contributed by atoms with Gasteiger partial charge in [-0.15, -0.1) is 0 Å². The molecule has 0 aromatic heterocycles. The van der Waals surface area contributed by atoms with Crippen LogP contribution in [0.15, 0.2) is 66.7 Å². The molecular weight excluding hydrogens is 364 g/mol. The number of benzene rings is 3. The van der Waals surface area contributed by atoms with Gasteiger partial charge in [0, 0.05) is 19.0 Å². The Hall–Kier alpha value is -3.34. The fraction of sp³-hybridized carbons (Fsp3) is 0.250. The molecule has 0 saturated carbocycles. The van der Waals surface area contributed by atoms with Gasteiger partial charge in [0.1, 0.15) is 11.8 Å². The Morgan fingerprint density at radius 2 is 1.76 bits per heavy atom. The minimum absolute atomic E-state index is 0.138. The summed E-state index contributed by atoms with van der Waals surface area (Å²) in [7, 11) is 1.57. The summed E-state index contributed by atoms with van der Waals surface area (Å²) < 4.78 is 5.86. The molecule has 3 aromatic rings. The van der Waals surface area contributed by atoms with E-state index in [2.05, 4.69) is 5.32 Å². The summed E-state index contributed by atoms with van der Waals surface area (Å²) >= 11 is 0. The van der Waals surface area contributed by atoms with Gasteiger partial charge in [-0.05, 0) is 30.9 Å². The lowest BCUT2D eigenvalue weighted by atomic mass is 10.1. The molecule has 0 radical (unpaired) electrons. The van der Waals surface area contributed by atoms with Gasteiger partial charge in [0.2, 0.25) is 5.91 Å². The fourth-order valence-corrected chi connectivity index (χ4v) is 3.34. The number of hydrogen-bond donors (Lipinski definition) is 1. The third kappa shape index (κ3) is 4.93. The molecule has 0 aliphatic rings. The quantitative estimate of drug-likeness (QED) is 0.669. The van der Waals surface area contributed by atoms with Crippen LogP contribution in [0.3, 0.4) is 0 Å². The third-order valence-corrected chi connectivity index (χ3v) is 4.95. The highest BCUT2D eigenvalue weighted by atomic mass is 16.5. The van der Waals surface area contributed by atoms with Gasteiger partial charge in [-0.1, -0.05) is 66.2 Å². The van der Waals surface area contributed by atoms with Crippen molar-refractivity contribution in [2.24, 2.45) is 0 Å². The number of likely N-dealkylation sites (N-methyl/N-ethyl adjacent to an activating group) is 1. The monoisotopic (exact) mass is 390 g/mol. The first kappa shape index (κ1) is 20.4. The highest BCUT2D eigenvalue weighted by molar-refractivity contribution is 5.90. The Kier molecular flexibility index (Phi) is 6.50. The molecule has 0 heterocycles. The molecule has 0 fully saturated rings. The van der Waals surface area contributed by atoms with E-state index in [1.54, 1.807) is 18.9 Å². The standard InChI is InChI=1S/C24H26N2O3/c1-17-8-6-9-19(14-17)15-26(18(2)24(28)25-3)23(27)16-29-22-13-7-11-20-10-4-5-12-21(20)22/h4-14,18H,15-16H2,1-3H3,(H,25,28)/t18-/m0/s1. The highest BCUT2D eigenvalue weighted by Gasteiger charge is 2.26. The minimum atomic E-state index is -0.607. The maximum Gasteiger partial charge on any atom is 0.261 e. The van der Waals surface area contributed by atoms with Crippen LogP contribution >= 0.6 is 0 Å². The zero-order valence-electron chi connectivity index (χ0n) is 17.0. The van der Waals surface area contributed by atoms with Crippen LogP contribution in [0.25, 0.3) is 10.8 Å². The van der Waals surface area contributed by atoms with E-state index < -0.39 is 6.04 Å². The SMILES string of the molecule is CNC(=O)[C@H](C)N(Cc1cccc(C)c1)C(=O)COc1cccc2ccccc12. The van der Waals surface area contributed by atoms with Crippen molar-refractivity contribution in [2.45, 2.75) is 26.4 Å². The number of ether oxygens (including phenoxy) is 1. The van der Waals surface area contributed by atoms with Crippen LogP contribution in [0.1, 0.15) is 18.1 Å². The molecule has 5 nitrogen and oxygen atoms in total. The maximum absolute atomic E-state index is 13.0. The summed E-state index contributed by atoms with van der Waals surface area (Å²) in [6, 6.07) is 20.9. The normalized spacial score (nSPS) is 11.7. The van der Waals surface area contributed by atoms with Gasteiger partial charge in [-0.2, -0.15) is 0 Å². The summed E-state index contributed by atoms with van der Waals surface area (Å²) in [5.41, 5.74) is 2.08. The summed E-state index contributed by atoms with van der Waals surface area (Å²) in [6.45, 7) is 3.93. The predicted octanol–water partition coefficient (Wildman–Crippen LogP) is 3.69. The van der Waals surface area contributed by atoms with Crippen molar-refractivity contribution >= 4 is 22.6 Å². The number of nitrogens with zero attached hydrogens (tertiary/aromatic N) is 1. The first-order chi connectivity index (χ1) is 14.0. The summed E-state index contributed by atoms with van der Waals surface area (Å²) in [5, 5.41) is 4.62. The van der Waals surface area contributed by atoms with E-state index in [0.29, 0.717) is 12.3 Å². The number of amides is 2. The van der Waals surface area contributed by atoms with E-state index >= 15 is 0 Å². The van der Waals surface area contributed by atoms with Crippen molar-refractivity contribution in [1.82, 2.24) is 10.2 Å². The van der Waals surface area contributed by atoms with Gasteiger partial charge < -0.3 is 15.0 Å². The van der Waals surface area contributed by atoms with Crippen molar-refractivity contribution in [3.8, 4) is 5.75 Å². The lowest BCUT2D eigenvalue weighted by molar-refractivity contribution is -0.142. The second-order valence-electron chi connectivity index (χ2n) is 7.07. The van der Waals surface area contributed by atoms with Gasteiger partial charge in [-0.3, -0.25) is 9.59 Å². The number of hydrogen-bond acceptors (Lipinski definition) is 3. The number of carbonyl (C=O) groups excluding carboxylic acids is 2. The lowest BCUT2D eigenvalue weighted by Crippen LogP contribution is -2.48. The van der Waals surface area contributed by atoms with E-state index in [-0.39, 0.29) is 18.4 Å². The number of carbonyl (C=O) groups is 2. The van der Waals surface area contributed by atoms with Crippen LogP contribution in [-0.2, 0) is 16.1 Å². The molecule has 150 valence electrons. The van der Waals surface area contributed by atoms with Crippen molar-refractivity contribution < 1.29 is 14.3 Å². The van der Waals surface area contributed by atoms with E-state index in [0.717, 1.165) is 21.9 Å². The number of fused-ring (bicyclic) bond motifs is 1. The molecule has 0 aliphatic heterocycles. The molecule has 5 heteroatoms. The molecule has 3 rings (SSSR count). The van der Waals surface area contributed by atoms with E-state index in [1.165, 1.54) is 0 Å². The van der Waals surface area contributed by atoms with Crippen molar-refractivity contribution in [3.63, 3.8) is 0 Å². The average Bonchev–Trinajstić information content (AvgIpc) is 2.74. The summed E-state index contributed by atoms with van der Waals surface area (Å²) in [6.07, 6.45) is 0. The van der Waals surface area contributed by atoms with Gasteiger partial charge in [0.25, 0.3) is 5.91 Å². The van der Waals surface area contributed by atoms with Gasteiger partial charge >= 0.3 is 0 Å². The average molecular weight is 390 g/mol. The molecule has 0 spiro atoms. The Labute approximate surface area is 171 Å². The molecule has 1 atom stereocenters. The molecule has 2 amide bonds. The molecule has 0 aliphatic carbocycles. The molecule has 3 aromatic carbocycles. The van der Waals surface area contributed by atoms with E-state index in [9.17, 15) is 9.59 Å². The maximum atomic E-state index is 13.0. The van der Waals surface area contributed by atoms with E-state index in [1.807, 2.05) is 73.7 Å². The fourth-order valence-electron chi connectivity index (χ4n) is 3.34. The number of nitrogens with one attached hydrogen (secondary N) is 1. The van der Waals surface area contributed by atoms with Crippen molar-refractivity contribution in [1.29, 1.82) is 0 Å². The van der Waals surface area contributed by atoms with Gasteiger partial charge in [0.05, 0.1) is 0 Å². The molecule has 1 N–H and O–H groups in total. The summed E-state index contributed by atoms with van der Waals surface area (Å²) in [4.78, 5) is 26.8. The zero-order valence-corrected chi connectivity index (χ0v) is 17.0. The van der Waals surface area contributed by atoms with Crippen molar-refractivity contribution in [2.75, 3.05) is 13.7 Å². The Morgan fingerprint density at radius 3 is 2.52 bits per heavy atom. The Balaban J connectivity index is 1.79. The first-order valence-corrected chi connectivity index (χ1v) is 9.66. The summed E-state index contributed by atoms with van der Waals surface area (Å²) in [5.74, 6) is 0.200. The van der Waals surface area contributed by atoms with E-state index in [4.69, 9.17) is 4.74 Å². The Bertz CT molecular complexity index is 1010. The van der Waals surface area contributed by atoms with Crippen LogP contribution in [-0.4, -0.2) is 36.4 Å².